The summed E-state index contributed by atoms with van der Waals surface area (Å²) in [6.07, 6.45) is 4.51. The van der Waals surface area contributed by atoms with Crippen LogP contribution in [0.3, 0.4) is 0 Å². The Morgan fingerprint density at radius 2 is 1.74 bits per heavy atom. The molecule has 3 aliphatic rings. The van der Waals surface area contributed by atoms with Crippen LogP contribution in [-0.2, 0) is 20.9 Å². The summed E-state index contributed by atoms with van der Waals surface area (Å²) < 4.78 is 11.1. The maximum Gasteiger partial charge on any atom is 0.250 e. The molecule has 0 unspecified atom stereocenters. The molecule has 1 aliphatic carbocycles. The minimum Gasteiger partial charge on any atom is -0.467 e. The van der Waals surface area contributed by atoms with E-state index in [1.807, 2.05) is 53.4 Å². The van der Waals surface area contributed by atoms with E-state index >= 15 is 0 Å². The van der Waals surface area contributed by atoms with Gasteiger partial charge in [-0.3, -0.25) is 9.59 Å². The van der Waals surface area contributed by atoms with Gasteiger partial charge in [0, 0.05) is 31.0 Å². The first kappa shape index (κ1) is 28.2. The summed E-state index contributed by atoms with van der Waals surface area (Å²) in [4.78, 5) is 34.2. The standard InChI is InChI=1S/C32H37N5O4S/c38-29(23-36-22-28(34-31(36)42)24-7-2-1-3-8-24)37(21-27-9-6-18-41-27)32(14-4-5-15-32)30(39)33-25-10-12-26(13-11-25)35-16-19-40-20-17-35/h1-3,6-13,18,28H,4-5,14-17,19-23H2,(H,33,39)(H,34,42)/t28-/m1/s1. The van der Waals surface area contributed by atoms with Gasteiger partial charge in [-0.15, -0.1) is 0 Å². The maximum absolute atomic E-state index is 14.1. The van der Waals surface area contributed by atoms with Crippen LogP contribution >= 0.6 is 12.2 Å². The van der Waals surface area contributed by atoms with Crippen molar-refractivity contribution in [3.8, 4) is 0 Å². The monoisotopic (exact) mass is 587 g/mol. The number of ether oxygens (including phenoxy) is 1. The Morgan fingerprint density at radius 1 is 1.00 bits per heavy atom. The molecule has 3 aromatic rings. The number of amides is 2. The number of morpholine rings is 1. The summed E-state index contributed by atoms with van der Waals surface area (Å²) in [6, 6.07) is 21.7. The highest BCUT2D eigenvalue weighted by molar-refractivity contribution is 7.80. The number of carbonyl (C=O) groups is 2. The lowest BCUT2D eigenvalue weighted by atomic mass is 9.92. The van der Waals surface area contributed by atoms with Crippen molar-refractivity contribution < 1.29 is 18.7 Å². The molecule has 9 nitrogen and oxygen atoms in total. The number of benzene rings is 2. The molecule has 3 fully saturated rings. The largest absolute Gasteiger partial charge is 0.467 e. The van der Waals surface area contributed by atoms with Crippen LogP contribution in [0, 0.1) is 0 Å². The molecule has 1 atom stereocenters. The number of anilines is 2. The van der Waals surface area contributed by atoms with Crippen molar-refractivity contribution in [2.24, 2.45) is 0 Å². The molecule has 6 rings (SSSR count). The number of rotatable bonds is 9. The average Bonchev–Trinajstić information content (AvgIpc) is 3.80. The van der Waals surface area contributed by atoms with Gasteiger partial charge in [-0.1, -0.05) is 43.2 Å². The molecule has 2 amide bonds. The number of hydrogen-bond acceptors (Lipinski definition) is 6. The van der Waals surface area contributed by atoms with Gasteiger partial charge < -0.3 is 34.5 Å². The SMILES string of the molecule is O=C(CN1C[C@H](c2ccccc2)NC1=S)N(Cc1ccco1)C1(C(=O)Nc2ccc(N3CCOCC3)cc2)CCCC1. The molecule has 3 heterocycles. The molecule has 2 N–H and O–H groups in total. The van der Waals surface area contributed by atoms with Gasteiger partial charge in [-0.2, -0.15) is 0 Å². The second-order valence-corrected chi connectivity index (χ2v) is 11.6. The van der Waals surface area contributed by atoms with E-state index in [0.717, 1.165) is 37.2 Å². The van der Waals surface area contributed by atoms with E-state index < -0.39 is 5.54 Å². The van der Waals surface area contributed by atoms with E-state index in [2.05, 4.69) is 27.7 Å². The van der Waals surface area contributed by atoms with Crippen LogP contribution < -0.4 is 15.5 Å². The van der Waals surface area contributed by atoms with E-state index in [0.29, 0.717) is 49.2 Å². The maximum atomic E-state index is 14.1. The van der Waals surface area contributed by atoms with E-state index in [1.165, 1.54) is 0 Å². The van der Waals surface area contributed by atoms with E-state index in [9.17, 15) is 9.59 Å². The molecular formula is C32H37N5O4S. The number of nitrogens with one attached hydrogen (secondary N) is 2. The molecule has 10 heteroatoms. The third-order valence-electron chi connectivity index (χ3n) is 8.58. The van der Waals surface area contributed by atoms with Gasteiger partial charge in [-0.25, -0.2) is 0 Å². The van der Waals surface area contributed by atoms with Gasteiger partial charge in [0.15, 0.2) is 5.11 Å². The zero-order valence-corrected chi connectivity index (χ0v) is 24.5. The van der Waals surface area contributed by atoms with Gasteiger partial charge >= 0.3 is 0 Å². The summed E-state index contributed by atoms with van der Waals surface area (Å²) in [7, 11) is 0. The Kier molecular flexibility index (Phi) is 8.43. The zero-order valence-electron chi connectivity index (χ0n) is 23.7. The van der Waals surface area contributed by atoms with Crippen LogP contribution in [-0.4, -0.2) is 71.7 Å². The molecule has 1 aromatic heterocycles. The van der Waals surface area contributed by atoms with Gasteiger partial charge in [-0.05, 0) is 67.0 Å². The van der Waals surface area contributed by atoms with Crippen LogP contribution in [0.2, 0.25) is 0 Å². The van der Waals surface area contributed by atoms with Crippen LogP contribution in [0.25, 0.3) is 0 Å². The molecule has 2 aliphatic heterocycles. The Balaban J connectivity index is 1.20. The fourth-order valence-corrected chi connectivity index (χ4v) is 6.57. The fraction of sp³-hybridized carbons (Fsp3) is 0.406. The van der Waals surface area contributed by atoms with Gasteiger partial charge in [0.25, 0.3) is 0 Å². The predicted octanol–water partition coefficient (Wildman–Crippen LogP) is 4.33. The fourth-order valence-electron chi connectivity index (χ4n) is 6.29. The first-order valence-corrected chi connectivity index (χ1v) is 15.1. The first-order valence-electron chi connectivity index (χ1n) is 14.7. The van der Waals surface area contributed by atoms with Crippen LogP contribution in [0.4, 0.5) is 11.4 Å². The summed E-state index contributed by atoms with van der Waals surface area (Å²) in [5, 5.41) is 7.04. The lowest BCUT2D eigenvalue weighted by molar-refractivity contribution is -0.146. The zero-order chi connectivity index (χ0) is 28.9. The van der Waals surface area contributed by atoms with Gasteiger partial charge in [0.2, 0.25) is 11.8 Å². The van der Waals surface area contributed by atoms with Crippen molar-refractivity contribution in [3.63, 3.8) is 0 Å². The summed E-state index contributed by atoms with van der Waals surface area (Å²) >= 11 is 5.63. The second kappa shape index (κ2) is 12.5. The average molecular weight is 588 g/mol. The lowest BCUT2D eigenvalue weighted by Crippen LogP contribution is -2.59. The lowest BCUT2D eigenvalue weighted by Gasteiger charge is -2.40. The van der Waals surface area contributed by atoms with Gasteiger partial charge in [0.05, 0.1) is 38.6 Å². The van der Waals surface area contributed by atoms with E-state index in [1.54, 1.807) is 17.2 Å². The Hall–Kier alpha value is -3.89. The molecule has 42 heavy (non-hydrogen) atoms. The minimum absolute atomic E-state index is 0.00852. The molecule has 0 spiro atoms. The highest BCUT2D eigenvalue weighted by Gasteiger charge is 2.49. The van der Waals surface area contributed by atoms with E-state index in [4.69, 9.17) is 21.4 Å². The minimum atomic E-state index is -0.986. The summed E-state index contributed by atoms with van der Waals surface area (Å²) in [5.41, 5.74) is 1.95. The molecule has 0 bridgehead atoms. The number of nitrogens with zero attached hydrogens (tertiary/aromatic N) is 3. The quantitative estimate of drug-likeness (QED) is 0.358. The highest BCUT2D eigenvalue weighted by atomic mass is 32.1. The van der Waals surface area contributed by atoms with Crippen LogP contribution in [0.5, 0.6) is 0 Å². The normalized spacial score (nSPS) is 19.9. The summed E-state index contributed by atoms with van der Waals surface area (Å²) in [5.74, 6) is 0.328. The summed E-state index contributed by atoms with van der Waals surface area (Å²) in [6.45, 7) is 4.00. The number of furan rings is 1. The molecule has 2 saturated heterocycles. The van der Waals surface area contributed by atoms with Crippen molar-refractivity contribution in [2.75, 3.05) is 49.6 Å². The van der Waals surface area contributed by atoms with Crippen molar-refractivity contribution in [1.82, 2.24) is 15.1 Å². The van der Waals surface area contributed by atoms with E-state index in [-0.39, 0.29) is 30.9 Å². The molecule has 220 valence electrons. The van der Waals surface area contributed by atoms with Crippen molar-refractivity contribution in [3.05, 3.63) is 84.3 Å². The third kappa shape index (κ3) is 6.00. The Morgan fingerprint density at radius 3 is 2.43 bits per heavy atom. The molecule has 0 radical (unpaired) electrons. The van der Waals surface area contributed by atoms with Gasteiger partial charge in [0.1, 0.15) is 11.3 Å². The van der Waals surface area contributed by atoms with Crippen molar-refractivity contribution in [2.45, 2.75) is 43.8 Å². The topological polar surface area (TPSA) is 90.3 Å². The smallest absolute Gasteiger partial charge is 0.250 e. The van der Waals surface area contributed by atoms with Crippen molar-refractivity contribution in [1.29, 1.82) is 0 Å². The first-order chi connectivity index (χ1) is 20.5. The number of carbonyl (C=O) groups excluding carboxylic acids is 2. The molecular weight excluding hydrogens is 550 g/mol. The van der Waals surface area contributed by atoms with Crippen LogP contribution in [0.1, 0.15) is 43.0 Å². The highest BCUT2D eigenvalue weighted by Crippen LogP contribution is 2.38. The van der Waals surface area contributed by atoms with Crippen LogP contribution in [0.15, 0.2) is 77.4 Å². The Bertz CT molecular complexity index is 1370. The number of hydrogen-bond donors (Lipinski definition) is 2. The third-order valence-corrected chi connectivity index (χ3v) is 8.96. The molecule has 1 saturated carbocycles. The second-order valence-electron chi connectivity index (χ2n) is 11.2. The number of thiocarbonyl (C=S) groups is 1. The van der Waals surface area contributed by atoms with Crippen molar-refractivity contribution >= 4 is 40.5 Å². The predicted molar refractivity (Wildman–Crippen MR) is 165 cm³/mol. The molecule has 2 aromatic carbocycles. The Labute approximate surface area is 251 Å².